The molecule has 0 aliphatic heterocycles. The Balaban J connectivity index is 1.65. The molecular weight excluding hydrogens is 507 g/mol. The zero-order valence-electron chi connectivity index (χ0n) is 21.7. The van der Waals surface area contributed by atoms with E-state index in [1.54, 1.807) is 40.4 Å². The minimum atomic E-state index is -0.532. The van der Waals surface area contributed by atoms with Crippen LogP contribution in [-0.4, -0.2) is 61.3 Å². The Bertz CT molecular complexity index is 1590. The molecule has 196 valence electrons. The van der Waals surface area contributed by atoms with Gasteiger partial charge >= 0.3 is 0 Å². The Labute approximate surface area is 223 Å². The van der Waals surface area contributed by atoms with Gasteiger partial charge in [0.1, 0.15) is 17.4 Å². The molecule has 0 spiro atoms. The monoisotopic (exact) mass is 534 g/mol. The van der Waals surface area contributed by atoms with Gasteiger partial charge < -0.3 is 14.4 Å². The first-order valence-corrected chi connectivity index (χ1v) is 12.4. The van der Waals surface area contributed by atoms with Crippen LogP contribution in [0.5, 0.6) is 11.5 Å². The van der Waals surface area contributed by atoms with Crippen LogP contribution in [0.2, 0.25) is 0 Å². The molecular formula is C26H27FN8O2S. The lowest BCUT2D eigenvalue weighted by molar-refractivity contribution is 0.374. The summed E-state index contributed by atoms with van der Waals surface area (Å²) in [6.45, 7) is 0.231. The van der Waals surface area contributed by atoms with Gasteiger partial charge in [-0.25, -0.2) is 18.7 Å². The summed E-state index contributed by atoms with van der Waals surface area (Å²) >= 11 is 1.47. The van der Waals surface area contributed by atoms with Gasteiger partial charge in [-0.05, 0) is 26.2 Å². The minimum absolute atomic E-state index is 0.0664. The van der Waals surface area contributed by atoms with E-state index in [4.69, 9.17) is 9.47 Å². The Morgan fingerprint density at radius 2 is 1.82 bits per heavy atom. The minimum Gasteiger partial charge on any atom is -0.497 e. The maximum absolute atomic E-state index is 15.8. The van der Waals surface area contributed by atoms with Crippen LogP contribution in [0.25, 0.3) is 22.0 Å². The molecule has 0 radical (unpaired) electrons. The highest BCUT2D eigenvalue weighted by molar-refractivity contribution is 7.95. The van der Waals surface area contributed by atoms with Crippen molar-refractivity contribution in [2.45, 2.75) is 6.54 Å². The largest absolute Gasteiger partial charge is 0.497 e. The molecule has 0 saturated heterocycles. The van der Waals surface area contributed by atoms with Crippen molar-refractivity contribution in [1.29, 1.82) is 0 Å². The maximum Gasteiger partial charge on any atom is 0.188 e. The number of hydrogen-bond acceptors (Lipinski definition) is 9. The summed E-state index contributed by atoms with van der Waals surface area (Å²) in [5.74, 6) is 1.21. The average Bonchev–Trinajstić information content (AvgIpc) is 3.55. The second-order valence-corrected chi connectivity index (χ2v) is 9.96. The third-order valence-corrected chi connectivity index (χ3v) is 6.67. The number of aromatic nitrogens is 6. The van der Waals surface area contributed by atoms with Gasteiger partial charge in [0.05, 0.1) is 44.4 Å². The van der Waals surface area contributed by atoms with Crippen LogP contribution in [0, 0.1) is 5.82 Å². The number of ether oxygens (including phenoxy) is 2. The number of aryl methyl sites for hydroxylation is 1. The molecule has 0 amide bonds. The lowest BCUT2D eigenvalue weighted by atomic mass is 10.1. The summed E-state index contributed by atoms with van der Waals surface area (Å²) in [5.41, 5.74) is 2.83. The van der Waals surface area contributed by atoms with Crippen molar-refractivity contribution in [1.82, 2.24) is 33.0 Å². The van der Waals surface area contributed by atoms with E-state index >= 15 is 4.39 Å². The summed E-state index contributed by atoms with van der Waals surface area (Å²) < 4.78 is 32.1. The molecule has 38 heavy (non-hydrogen) atoms. The number of anilines is 2. The van der Waals surface area contributed by atoms with E-state index in [1.165, 1.54) is 32.4 Å². The highest BCUT2D eigenvalue weighted by Gasteiger charge is 2.23. The third-order valence-electron chi connectivity index (χ3n) is 5.84. The van der Waals surface area contributed by atoms with E-state index < -0.39 is 5.82 Å². The van der Waals surface area contributed by atoms with E-state index in [-0.39, 0.29) is 18.0 Å². The fourth-order valence-corrected chi connectivity index (χ4v) is 4.69. The lowest BCUT2D eigenvalue weighted by Crippen LogP contribution is -2.22. The first-order chi connectivity index (χ1) is 18.4. The molecule has 0 saturated carbocycles. The van der Waals surface area contributed by atoms with Crippen molar-refractivity contribution in [2.75, 3.05) is 33.2 Å². The molecule has 4 aromatic heterocycles. The molecule has 1 aromatic carbocycles. The molecule has 0 atom stereocenters. The van der Waals surface area contributed by atoms with E-state index in [9.17, 15) is 0 Å². The van der Waals surface area contributed by atoms with Crippen LogP contribution >= 0.6 is 12.1 Å². The molecule has 0 unspecified atom stereocenters. The maximum atomic E-state index is 15.8. The van der Waals surface area contributed by atoms with Gasteiger partial charge in [-0.3, -0.25) is 13.6 Å². The predicted octanol–water partition coefficient (Wildman–Crippen LogP) is 4.69. The van der Waals surface area contributed by atoms with Crippen molar-refractivity contribution >= 4 is 34.5 Å². The number of imidazole rings is 1. The second kappa shape index (κ2) is 10.7. The molecule has 5 rings (SSSR count). The van der Waals surface area contributed by atoms with Crippen molar-refractivity contribution in [3.8, 4) is 22.6 Å². The van der Waals surface area contributed by atoms with E-state index in [0.29, 0.717) is 17.4 Å². The predicted molar refractivity (Wildman–Crippen MR) is 146 cm³/mol. The summed E-state index contributed by atoms with van der Waals surface area (Å²) in [4.78, 5) is 15.5. The molecule has 0 bridgehead atoms. The van der Waals surface area contributed by atoms with E-state index in [0.717, 1.165) is 22.0 Å². The molecule has 0 aliphatic rings. The number of hydrogen-bond donors (Lipinski definition) is 0. The topological polar surface area (TPSA) is 86.4 Å². The SMILES string of the molecule is COc1cc(OC)c(F)c(N(Cc2nccn2SN(C)C)c2cc3cc(-c4cnn(C)c4)cnc3cn2)c1. The molecule has 10 nitrogen and oxygen atoms in total. The Hall–Kier alpha value is -4.16. The highest BCUT2D eigenvalue weighted by Crippen LogP contribution is 2.38. The third kappa shape index (κ3) is 5.13. The Morgan fingerprint density at radius 3 is 2.53 bits per heavy atom. The summed E-state index contributed by atoms with van der Waals surface area (Å²) in [7, 11) is 8.70. The van der Waals surface area contributed by atoms with Crippen LogP contribution < -0.4 is 14.4 Å². The summed E-state index contributed by atoms with van der Waals surface area (Å²) in [6.07, 6.45) is 10.8. The van der Waals surface area contributed by atoms with Crippen LogP contribution in [0.4, 0.5) is 15.9 Å². The zero-order chi connectivity index (χ0) is 26.8. The second-order valence-electron chi connectivity index (χ2n) is 8.67. The van der Waals surface area contributed by atoms with Crippen LogP contribution in [0.1, 0.15) is 5.82 Å². The van der Waals surface area contributed by atoms with Gasteiger partial charge in [-0.2, -0.15) is 5.10 Å². The van der Waals surface area contributed by atoms with Gasteiger partial charge in [-0.15, -0.1) is 0 Å². The zero-order valence-corrected chi connectivity index (χ0v) is 22.5. The molecule has 0 N–H and O–H groups in total. The van der Waals surface area contributed by atoms with Gasteiger partial charge in [0, 0.05) is 72.6 Å². The number of halogens is 1. The quantitative estimate of drug-likeness (QED) is 0.250. The van der Waals surface area contributed by atoms with Gasteiger partial charge in [0.15, 0.2) is 11.6 Å². The van der Waals surface area contributed by atoms with Gasteiger partial charge in [0.2, 0.25) is 0 Å². The fraction of sp³-hybridized carbons (Fsp3) is 0.231. The highest BCUT2D eigenvalue weighted by atomic mass is 32.2. The number of methoxy groups -OCH3 is 2. The lowest BCUT2D eigenvalue weighted by Gasteiger charge is -2.26. The summed E-state index contributed by atoms with van der Waals surface area (Å²) in [6, 6.07) is 7.05. The fourth-order valence-electron chi connectivity index (χ4n) is 4.03. The van der Waals surface area contributed by atoms with E-state index in [1.807, 2.05) is 53.9 Å². The standard InChI is InChI=1S/C26H27FN8O2S/c1-32(2)38-35-7-6-28-25(35)16-34(22-10-20(36-4)11-23(37-5)26(22)27)24-9-17-8-18(12-29-21(17)14-30-24)19-13-31-33(3)15-19/h6-15H,16H2,1-5H3. The van der Waals surface area contributed by atoms with Crippen LogP contribution in [-0.2, 0) is 13.6 Å². The van der Waals surface area contributed by atoms with Gasteiger partial charge in [0.25, 0.3) is 0 Å². The smallest absolute Gasteiger partial charge is 0.188 e. The Morgan fingerprint density at radius 1 is 0.974 bits per heavy atom. The Kier molecular flexibility index (Phi) is 7.16. The number of rotatable bonds is 9. The molecule has 0 aliphatic carbocycles. The van der Waals surface area contributed by atoms with Gasteiger partial charge in [-0.1, -0.05) is 0 Å². The summed E-state index contributed by atoms with van der Waals surface area (Å²) in [5, 5.41) is 5.11. The molecule has 12 heteroatoms. The van der Waals surface area contributed by atoms with Crippen LogP contribution in [0.15, 0.2) is 61.4 Å². The molecule has 4 heterocycles. The molecule has 5 aromatic rings. The van der Waals surface area contributed by atoms with Crippen molar-refractivity contribution < 1.29 is 13.9 Å². The van der Waals surface area contributed by atoms with Crippen LogP contribution in [0.3, 0.4) is 0 Å². The first-order valence-electron chi connectivity index (χ1n) is 11.7. The average molecular weight is 535 g/mol. The number of benzene rings is 1. The number of nitrogens with zero attached hydrogens (tertiary/aromatic N) is 8. The normalized spacial score (nSPS) is 11.3. The molecule has 0 fully saturated rings. The van der Waals surface area contributed by atoms with Crippen molar-refractivity contribution in [3.63, 3.8) is 0 Å². The first kappa shape index (κ1) is 25.5. The van der Waals surface area contributed by atoms with Crippen molar-refractivity contribution in [2.24, 2.45) is 7.05 Å². The van der Waals surface area contributed by atoms with Crippen molar-refractivity contribution in [3.05, 3.63) is 73.1 Å². The number of fused-ring (bicyclic) bond motifs is 1. The van der Waals surface area contributed by atoms with E-state index in [2.05, 4.69) is 20.1 Å². The number of pyridine rings is 2.